The van der Waals surface area contributed by atoms with Gasteiger partial charge in [-0.2, -0.15) is 44.2 Å². The first-order valence-corrected chi connectivity index (χ1v) is 13.2. The molecular formula is C26H29F6N5OS. The van der Waals surface area contributed by atoms with E-state index in [2.05, 4.69) is 27.8 Å². The molecule has 1 aliphatic heterocycles. The van der Waals surface area contributed by atoms with Gasteiger partial charge in [0.15, 0.2) is 0 Å². The molecule has 0 amide bonds. The lowest BCUT2D eigenvalue weighted by Gasteiger charge is -2.39. The molecule has 1 atom stereocenters. The Bertz CT molecular complexity index is 1140. The average molecular weight is 574 g/mol. The van der Waals surface area contributed by atoms with Gasteiger partial charge in [0, 0.05) is 37.9 Å². The third kappa shape index (κ3) is 7.70. The summed E-state index contributed by atoms with van der Waals surface area (Å²) >= 11 is 4.69. The molecular weight excluding hydrogens is 544 g/mol. The van der Waals surface area contributed by atoms with Crippen LogP contribution in [0.3, 0.4) is 0 Å². The van der Waals surface area contributed by atoms with Crippen molar-refractivity contribution in [2.45, 2.75) is 55.6 Å². The predicted molar refractivity (Wildman–Crippen MR) is 138 cm³/mol. The molecule has 1 saturated carbocycles. The number of hydrogen-bond donors (Lipinski definition) is 2. The van der Waals surface area contributed by atoms with Gasteiger partial charge in [-0.15, -0.1) is 0 Å². The Hall–Kier alpha value is -2.69. The topological polar surface area (TPSA) is 64.4 Å². The number of nitriles is 1. The van der Waals surface area contributed by atoms with E-state index in [0.717, 1.165) is 37.8 Å². The van der Waals surface area contributed by atoms with Crippen LogP contribution in [0.25, 0.3) is 0 Å². The number of pyridine rings is 1. The maximum Gasteiger partial charge on any atom is 0.433 e. The van der Waals surface area contributed by atoms with Crippen molar-refractivity contribution in [2.24, 2.45) is 0 Å². The molecule has 13 heteroatoms. The summed E-state index contributed by atoms with van der Waals surface area (Å²) in [6.07, 6.45) is -4.77. The zero-order valence-electron chi connectivity index (χ0n) is 21.0. The lowest BCUT2D eigenvalue weighted by atomic mass is 9.92. The minimum atomic E-state index is -4.59. The van der Waals surface area contributed by atoms with Gasteiger partial charge in [-0.1, -0.05) is 0 Å². The van der Waals surface area contributed by atoms with E-state index in [1.165, 1.54) is 24.4 Å². The molecule has 6 nitrogen and oxygen atoms in total. The summed E-state index contributed by atoms with van der Waals surface area (Å²) in [6.45, 7) is 3.04. The van der Waals surface area contributed by atoms with Gasteiger partial charge in [0.25, 0.3) is 0 Å². The van der Waals surface area contributed by atoms with E-state index in [1.807, 2.05) is 4.90 Å². The monoisotopic (exact) mass is 573 g/mol. The summed E-state index contributed by atoms with van der Waals surface area (Å²) in [5, 5.41) is 12.0. The van der Waals surface area contributed by atoms with Crippen LogP contribution in [0.2, 0.25) is 0 Å². The maximum atomic E-state index is 13.2. The van der Waals surface area contributed by atoms with Crippen molar-refractivity contribution in [3.8, 4) is 6.07 Å². The number of halogens is 6. The number of alkyl halides is 6. The third-order valence-electron chi connectivity index (χ3n) is 7.11. The number of ether oxygens (including phenoxy) is 1. The summed E-state index contributed by atoms with van der Waals surface area (Å²) < 4.78 is 84.0. The highest BCUT2D eigenvalue weighted by Gasteiger charge is 2.34. The number of benzene rings is 1. The lowest BCUT2D eigenvalue weighted by molar-refractivity contribution is -0.141. The van der Waals surface area contributed by atoms with E-state index in [1.54, 1.807) is 6.07 Å². The molecule has 212 valence electrons. The van der Waals surface area contributed by atoms with Crippen LogP contribution in [0.15, 0.2) is 36.5 Å². The fourth-order valence-corrected chi connectivity index (χ4v) is 5.24. The number of aromatic nitrogens is 1. The molecule has 0 spiro atoms. The summed E-state index contributed by atoms with van der Waals surface area (Å²) in [4.78, 5) is 7.68. The minimum Gasteiger partial charge on any atom is -0.382 e. The van der Waals surface area contributed by atoms with Crippen LogP contribution in [-0.2, 0) is 17.1 Å². The molecule has 0 bridgehead atoms. The van der Waals surface area contributed by atoms with Crippen LogP contribution in [0.1, 0.15) is 42.5 Å². The quantitative estimate of drug-likeness (QED) is 0.322. The maximum absolute atomic E-state index is 13.2. The first kappa shape index (κ1) is 29.3. The summed E-state index contributed by atoms with van der Waals surface area (Å²) in [7, 11) is 0. The molecule has 0 radical (unpaired) electrons. The minimum absolute atomic E-state index is 0.0124. The molecule has 1 unspecified atom stereocenters. The Morgan fingerprint density at radius 2 is 1.69 bits per heavy atom. The largest absolute Gasteiger partial charge is 0.433 e. The van der Waals surface area contributed by atoms with Crippen molar-refractivity contribution in [3.05, 3.63) is 53.3 Å². The zero-order valence-corrected chi connectivity index (χ0v) is 21.9. The number of nitrogens with zero attached hydrogens (tertiary/aromatic N) is 4. The first-order valence-electron chi connectivity index (χ1n) is 12.6. The van der Waals surface area contributed by atoms with Crippen LogP contribution in [-0.4, -0.2) is 60.2 Å². The zero-order chi connectivity index (χ0) is 28.2. The van der Waals surface area contributed by atoms with Crippen LogP contribution in [0.4, 0.5) is 37.7 Å². The molecule has 1 aromatic carbocycles. The molecule has 1 N–H and O–H groups in total. The van der Waals surface area contributed by atoms with Gasteiger partial charge in [-0.25, -0.2) is 4.98 Å². The molecule has 39 heavy (non-hydrogen) atoms. The first-order chi connectivity index (χ1) is 18.4. The Morgan fingerprint density at radius 3 is 2.26 bits per heavy atom. The third-order valence-corrected chi connectivity index (χ3v) is 7.59. The SMILES string of the molecule is N#Cc1ccc(NC2CCC(OCC(S)N3CCN(c4ccc(C(F)(F)F)nc4)CC3)CC2)cc1C(F)(F)F. The van der Waals surface area contributed by atoms with E-state index in [4.69, 9.17) is 10.00 Å². The van der Waals surface area contributed by atoms with E-state index in [9.17, 15) is 26.3 Å². The molecule has 4 rings (SSSR count). The molecule has 2 fully saturated rings. The molecule has 1 aromatic heterocycles. The van der Waals surface area contributed by atoms with E-state index >= 15 is 0 Å². The molecule has 2 aromatic rings. The van der Waals surface area contributed by atoms with Crippen molar-refractivity contribution in [2.75, 3.05) is 43.0 Å². The van der Waals surface area contributed by atoms with Crippen molar-refractivity contribution in [1.29, 1.82) is 5.26 Å². The summed E-state index contributed by atoms with van der Waals surface area (Å²) in [5.41, 5.74) is -1.26. The normalized spacial score (nSPS) is 21.8. The Balaban J connectivity index is 1.18. The van der Waals surface area contributed by atoms with E-state index < -0.39 is 29.2 Å². The van der Waals surface area contributed by atoms with Gasteiger partial charge >= 0.3 is 12.4 Å². The number of nitrogens with one attached hydrogen (secondary N) is 1. The second-order valence-electron chi connectivity index (χ2n) is 9.72. The average Bonchev–Trinajstić information content (AvgIpc) is 2.91. The smallest absolute Gasteiger partial charge is 0.382 e. The van der Waals surface area contributed by atoms with Crippen LogP contribution in [0, 0.1) is 11.3 Å². The van der Waals surface area contributed by atoms with Crippen LogP contribution >= 0.6 is 12.6 Å². The van der Waals surface area contributed by atoms with Gasteiger partial charge < -0.3 is 15.0 Å². The highest BCUT2D eigenvalue weighted by molar-refractivity contribution is 7.80. The van der Waals surface area contributed by atoms with Gasteiger partial charge in [0.2, 0.25) is 0 Å². The Labute approximate surface area is 228 Å². The molecule has 2 heterocycles. The fraction of sp³-hybridized carbons (Fsp3) is 0.538. The second kappa shape index (κ2) is 12.2. The van der Waals surface area contributed by atoms with Gasteiger partial charge in [-0.05, 0) is 56.0 Å². The van der Waals surface area contributed by atoms with Crippen LogP contribution < -0.4 is 10.2 Å². The van der Waals surface area contributed by atoms with E-state index in [-0.39, 0.29) is 17.5 Å². The van der Waals surface area contributed by atoms with Gasteiger partial charge in [0.05, 0.1) is 47.2 Å². The standard InChI is InChI=1S/C26H29F6N5OS/c27-25(28,29)22-13-19(2-1-17(22)14-33)35-18-3-6-21(7-4-18)38-16-24(39)37-11-9-36(10-12-37)20-5-8-23(34-15-20)26(30,31)32/h1-2,5,8,13,15,18,21,24,35,39H,3-4,6-7,9-12,16H2. The van der Waals surface area contributed by atoms with Gasteiger partial charge in [-0.3, -0.25) is 4.90 Å². The summed E-state index contributed by atoms with van der Waals surface area (Å²) in [6, 6.07) is 7.70. The number of rotatable bonds is 7. The van der Waals surface area contributed by atoms with Crippen molar-refractivity contribution in [3.63, 3.8) is 0 Å². The number of thiol groups is 1. The second-order valence-corrected chi connectivity index (χ2v) is 10.3. The molecule has 2 aliphatic rings. The Morgan fingerprint density at radius 1 is 1.00 bits per heavy atom. The van der Waals surface area contributed by atoms with Crippen molar-refractivity contribution >= 4 is 24.0 Å². The molecule has 1 aliphatic carbocycles. The van der Waals surface area contributed by atoms with Crippen molar-refractivity contribution < 1.29 is 31.1 Å². The molecule has 1 saturated heterocycles. The van der Waals surface area contributed by atoms with Crippen molar-refractivity contribution in [1.82, 2.24) is 9.88 Å². The summed E-state index contributed by atoms with van der Waals surface area (Å²) in [5.74, 6) is 0. The number of anilines is 2. The number of hydrogen-bond acceptors (Lipinski definition) is 7. The van der Waals surface area contributed by atoms with Gasteiger partial charge in [0.1, 0.15) is 5.69 Å². The number of piperazine rings is 1. The van der Waals surface area contributed by atoms with Crippen LogP contribution in [0.5, 0.6) is 0 Å². The highest BCUT2D eigenvalue weighted by atomic mass is 32.1. The Kier molecular flexibility index (Phi) is 9.18. The highest BCUT2D eigenvalue weighted by Crippen LogP contribution is 2.34. The fourth-order valence-electron chi connectivity index (χ4n) is 4.92. The van der Waals surface area contributed by atoms with E-state index in [0.29, 0.717) is 44.2 Å². The predicted octanol–water partition coefficient (Wildman–Crippen LogP) is 5.81. The lowest BCUT2D eigenvalue weighted by Crippen LogP contribution is -2.50.